The molecule has 0 radical (unpaired) electrons. The second-order valence-corrected chi connectivity index (χ2v) is 11.5. The van der Waals surface area contributed by atoms with Gasteiger partial charge in [0.05, 0.1) is 0 Å². The lowest BCUT2D eigenvalue weighted by molar-refractivity contribution is -0.154. The Labute approximate surface area is 143 Å². The van der Waals surface area contributed by atoms with Gasteiger partial charge in [-0.05, 0) is 109 Å². The van der Waals surface area contributed by atoms with Crippen molar-refractivity contribution < 1.29 is 0 Å². The summed E-state index contributed by atoms with van der Waals surface area (Å²) in [6, 6.07) is 0. The van der Waals surface area contributed by atoms with Gasteiger partial charge in [-0.1, -0.05) is 34.1 Å². The van der Waals surface area contributed by atoms with Gasteiger partial charge in [0.2, 0.25) is 0 Å². The van der Waals surface area contributed by atoms with E-state index in [1.165, 1.54) is 12.3 Å². The lowest BCUT2D eigenvalue weighted by Gasteiger charge is -2.64. The molecule has 1 spiro atoms. The summed E-state index contributed by atoms with van der Waals surface area (Å²) in [5.74, 6) is 6.64. The Bertz CT molecular complexity index is 571. The molecular formula is C23H36. The van der Waals surface area contributed by atoms with Gasteiger partial charge in [-0.15, -0.1) is 0 Å². The van der Waals surface area contributed by atoms with Gasteiger partial charge < -0.3 is 0 Å². The van der Waals surface area contributed by atoms with Crippen molar-refractivity contribution in [3.05, 3.63) is 0 Å². The van der Waals surface area contributed by atoms with Gasteiger partial charge in [0.1, 0.15) is 0 Å². The van der Waals surface area contributed by atoms with Crippen LogP contribution in [0, 0.1) is 57.2 Å². The Morgan fingerprint density at radius 1 is 1.00 bits per heavy atom. The highest BCUT2D eigenvalue weighted by Crippen LogP contribution is 3.02. The summed E-state index contributed by atoms with van der Waals surface area (Å²) in [7, 11) is 0. The van der Waals surface area contributed by atoms with Gasteiger partial charge in [0.15, 0.2) is 0 Å². The van der Waals surface area contributed by atoms with Crippen molar-refractivity contribution in [2.24, 2.45) is 57.2 Å². The highest BCUT2D eigenvalue weighted by atomic mass is 15.0. The van der Waals surface area contributed by atoms with E-state index in [0.29, 0.717) is 0 Å². The second kappa shape index (κ2) is 3.73. The normalized spacial score (nSPS) is 63.3. The molecule has 8 atom stereocenters. The average molecular weight is 313 g/mol. The molecule has 23 heavy (non-hydrogen) atoms. The van der Waals surface area contributed by atoms with Crippen molar-refractivity contribution in [3.63, 3.8) is 0 Å². The molecule has 6 aliphatic carbocycles. The first-order chi connectivity index (χ1) is 11.0. The zero-order valence-corrected chi connectivity index (χ0v) is 15.8. The van der Waals surface area contributed by atoms with Crippen LogP contribution in [0.4, 0.5) is 0 Å². The smallest absolute Gasteiger partial charge is 0.0145 e. The molecular weight excluding hydrogens is 276 g/mol. The van der Waals surface area contributed by atoms with E-state index >= 15 is 0 Å². The maximum Gasteiger partial charge on any atom is -0.0145 e. The minimum Gasteiger partial charge on any atom is -0.0648 e. The molecule has 0 aromatic carbocycles. The van der Waals surface area contributed by atoms with Crippen molar-refractivity contribution >= 4 is 0 Å². The molecule has 6 fully saturated rings. The molecule has 0 amide bonds. The summed E-state index contributed by atoms with van der Waals surface area (Å²) >= 11 is 0. The zero-order chi connectivity index (χ0) is 15.8. The third kappa shape index (κ3) is 1.11. The summed E-state index contributed by atoms with van der Waals surface area (Å²) in [4.78, 5) is 0. The number of hydrogen-bond acceptors (Lipinski definition) is 0. The molecule has 8 unspecified atom stereocenters. The van der Waals surface area contributed by atoms with E-state index in [9.17, 15) is 0 Å². The molecule has 0 heterocycles. The number of fused-ring (bicyclic) bond motifs is 2. The number of rotatable bonds is 3. The summed E-state index contributed by atoms with van der Waals surface area (Å²) in [6.45, 7) is 10.2. The average Bonchev–Trinajstić information content (AvgIpc) is 2.74. The Morgan fingerprint density at radius 3 is 2.26 bits per heavy atom. The van der Waals surface area contributed by atoms with E-state index in [1.54, 1.807) is 51.4 Å². The van der Waals surface area contributed by atoms with Crippen LogP contribution in [0.3, 0.4) is 0 Å². The SMILES string of the molecule is CCC1(C)C23CCC12C(C1CC2C(C(C)C)CC4(CCC4)C21)C3. The fraction of sp³-hybridized carbons (Fsp3) is 1.00. The van der Waals surface area contributed by atoms with Crippen LogP contribution in [-0.4, -0.2) is 0 Å². The van der Waals surface area contributed by atoms with E-state index < -0.39 is 0 Å². The Morgan fingerprint density at radius 2 is 1.78 bits per heavy atom. The van der Waals surface area contributed by atoms with Crippen LogP contribution < -0.4 is 0 Å². The van der Waals surface area contributed by atoms with Crippen molar-refractivity contribution in [3.8, 4) is 0 Å². The predicted octanol–water partition coefficient (Wildman–Crippen LogP) is 6.30. The first-order valence-corrected chi connectivity index (χ1v) is 11.0. The first kappa shape index (κ1) is 14.2. The summed E-state index contributed by atoms with van der Waals surface area (Å²) < 4.78 is 0. The van der Waals surface area contributed by atoms with Crippen LogP contribution in [0.2, 0.25) is 0 Å². The quantitative estimate of drug-likeness (QED) is 0.573. The van der Waals surface area contributed by atoms with E-state index in [-0.39, 0.29) is 0 Å². The minimum atomic E-state index is 0.762. The third-order valence-corrected chi connectivity index (χ3v) is 11.8. The summed E-state index contributed by atoms with van der Waals surface area (Å²) in [5, 5.41) is 0. The van der Waals surface area contributed by atoms with Gasteiger partial charge in [-0.2, -0.15) is 0 Å². The largest absolute Gasteiger partial charge is 0.0648 e. The van der Waals surface area contributed by atoms with Crippen LogP contribution in [-0.2, 0) is 0 Å². The predicted molar refractivity (Wildman–Crippen MR) is 94.9 cm³/mol. The molecule has 0 N–H and O–H groups in total. The first-order valence-electron chi connectivity index (χ1n) is 11.0. The maximum atomic E-state index is 2.68. The molecule has 0 nitrogen and oxygen atoms in total. The topological polar surface area (TPSA) is 0 Å². The van der Waals surface area contributed by atoms with Gasteiger partial charge in [-0.3, -0.25) is 0 Å². The second-order valence-electron chi connectivity index (χ2n) is 11.5. The van der Waals surface area contributed by atoms with Crippen molar-refractivity contribution in [1.29, 1.82) is 0 Å². The van der Waals surface area contributed by atoms with Crippen molar-refractivity contribution in [2.45, 2.75) is 85.5 Å². The Kier molecular flexibility index (Phi) is 2.30. The van der Waals surface area contributed by atoms with Crippen molar-refractivity contribution in [1.82, 2.24) is 0 Å². The zero-order valence-electron chi connectivity index (χ0n) is 15.8. The molecule has 6 aliphatic rings. The molecule has 6 rings (SSSR count). The van der Waals surface area contributed by atoms with Crippen LogP contribution in [0.5, 0.6) is 0 Å². The fourth-order valence-electron chi connectivity index (χ4n) is 10.5. The van der Waals surface area contributed by atoms with Crippen LogP contribution in [0.25, 0.3) is 0 Å². The van der Waals surface area contributed by atoms with Gasteiger partial charge in [-0.25, -0.2) is 0 Å². The molecule has 6 saturated carbocycles. The highest BCUT2D eigenvalue weighted by Gasteiger charge is 2.96. The van der Waals surface area contributed by atoms with E-state index in [0.717, 1.165) is 51.2 Å². The molecule has 0 aliphatic heterocycles. The Balaban J connectivity index is 1.29. The molecule has 0 aromatic heterocycles. The van der Waals surface area contributed by atoms with Gasteiger partial charge in [0.25, 0.3) is 0 Å². The van der Waals surface area contributed by atoms with E-state index in [2.05, 4.69) is 27.7 Å². The fourth-order valence-corrected chi connectivity index (χ4v) is 10.5. The minimum absolute atomic E-state index is 0.762. The van der Waals surface area contributed by atoms with Crippen LogP contribution >= 0.6 is 0 Å². The van der Waals surface area contributed by atoms with E-state index in [1.807, 2.05) is 0 Å². The summed E-state index contributed by atoms with van der Waals surface area (Å²) in [6.07, 6.45) is 14.3. The van der Waals surface area contributed by atoms with E-state index in [4.69, 9.17) is 0 Å². The third-order valence-electron chi connectivity index (χ3n) is 11.8. The lowest BCUT2D eigenvalue weighted by atomic mass is 9.41. The maximum absolute atomic E-state index is 2.68. The van der Waals surface area contributed by atoms with Gasteiger partial charge >= 0.3 is 0 Å². The van der Waals surface area contributed by atoms with Crippen molar-refractivity contribution in [2.75, 3.05) is 0 Å². The van der Waals surface area contributed by atoms with Crippen LogP contribution in [0.1, 0.15) is 85.5 Å². The highest BCUT2D eigenvalue weighted by molar-refractivity contribution is 5.44. The monoisotopic (exact) mass is 312 g/mol. The number of hydrogen-bond donors (Lipinski definition) is 0. The molecule has 0 aromatic rings. The van der Waals surface area contributed by atoms with Gasteiger partial charge in [0, 0.05) is 0 Å². The molecule has 0 saturated heterocycles. The molecule has 0 bridgehead atoms. The molecule has 0 heteroatoms. The Hall–Kier alpha value is 0. The molecule has 128 valence electrons. The van der Waals surface area contributed by atoms with Crippen LogP contribution in [0.15, 0.2) is 0 Å². The standard InChI is InChI=1S/C23H36/c1-5-20(4)22-9-10-23(20,22)18(13-22)16-11-15-17(14(2)3)12-21(19(15)16)7-6-8-21/h14-19H,5-13H2,1-4H3. The lowest BCUT2D eigenvalue weighted by Crippen LogP contribution is -2.57. The summed E-state index contributed by atoms with van der Waals surface area (Å²) in [5.41, 5.74) is 3.34.